The molecule has 0 atom stereocenters. The third kappa shape index (κ3) is 4.51. The average Bonchev–Trinajstić information content (AvgIpc) is 2.63. The molecule has 2 heterocycles. The molecule has 2 aromatic rings. The molecule has 0 saturated carbocycles. The number of pyridine rings is 1. The van der Waals surface area contributed by atoms with Gasteiger partial charge in [-0.05, 0) is 17.7 Å². The van der Waals surface area contributed by atoms with E-state index >= 15 is 0 Å². The molecular weight excluding hydrogens is 322 g/mol. The number of non-ortho nitro benzene ring substituents is 1. The van der Waals surface area contributed by atoms with Crippen LogP contribution in [0.1, 0.15) is 5.56 Å². The second-order valence-electron chi connectivity index (χ2n) is 5.79. The molecule has 8 heteroatoms. The van der Waals surface area contributed by atoms with Gasteiger partial charge in [0.15, 0.2) is 0 Å². The number of aromatic nitrogens is 1. The van der Waals surface area contributed by atoms with E-state index in [1.807, 2.05) is 6.07 Å². The Morgan fingerprint density at radius 3 is 2.52 bits per heavy atom. The van der Waals surface area contributed by atoms with Gasteiger partial charge in [-0.25, -0.2) is 4.98 Å². The molecule has 130 valence electrons. The lowest BCUT2D eigenvalue weighted by Crippen LogP contribution is -2.43. The molecular formula is C17H19N5O3. The summed E-state index contributed by atoms with van der Waals surface area (Å²) >= 11 is 0. The Labute approximate surface area is 145 Å². The van der Waals surface area contributed by atoms with Gasteiger partial charge in [-0.3, -0.25) is 14.9 Å². The van der Waals surface area contributed by atoms with Gasteiger partial charge in [0.2, 0.25) is 5.91 Å². The second-order valence-corrected chi connectivity index (χ2v) is 5.79. The summed E-state index contributed by atoms with van der Waals surface area (Å²) in [4.78, 5) is 28.8. The maximum atomic E-state index is 12.1. The molecule has 1 fully saturated rings. The van der Waals surface area contributed by atoms with E-state index in [-0.39, 0.29) is 18.0 Å². The zero-order chi connectivity index (χ0) is 17.6. The number of hydrogen-bond donors (Lipinski definition) is 2. The van der Waals surface area contributed by atoms with Crippen molar-refractivity contribution in [1.82, 2.24) is 10.3 Å². The third-order valence-corrected chi connectivity index (χ3v) is 4.01. The summed E-state index contributed by atoms with van der Waals surface area (Å²) in [5, 5.41) is 16.7. The molecule has 25 heavy (non-hydrogen) atoms. The zero-order valence-electron chi connectivity index (χ0n) is 13.6. The lowest BCUT2D eigenvalue weighted by atomic mass is 10.1. The highest BCUT2D eigenvalue weighted by Gasteiger charge is 2.12. The SMILES string of the molecule is O=C(Cc1ccc([N+](=O)[O-])cc1)Nc1ccc(N2CCNCC2)cn1. The highest BCUT2D eigenvalue weighted by atomic mass is 16.6. The number of rotatable bonds is 5. The summed E-state index contributed by atoms with van der Waals surface area (Å²) in [5.41, 5.74) is 1.75. The number of nitro benzene ring substituents is 1. The first kappa shape index (κ1) is 16.8. The number of nitrogens with one attached hydrogen (secondary N) is 2. The number of benzene rings is 1. The van der Waals surface area contributed by atoms with E-state index in [2.05, 4.69) is 20.5 Å². The first-order valence-corrected chi connectivity index (χ1v) is 8.07. The fourth-order valence-corrected chi connectivity index (χ4v) is 2.68. The van der Waals surface area contributed by atoms with Gasteiger partial charge < -0.3 is 15.5 Å². The van der Waals surface area contributed by atoms with Crippen molar-refractivity contribution >= 4 is 23.1 Å². The molecule has 1 saturated heterocycles. The zero-order valence-corrected chi connectivity index (χ0v) is 13.6. The number of nitrogens with zero attached hydrogens (tertiary/aromatic N) is 3. The van der Waals surface area contributed by atoms with Gasteiger partial charge in [-0.1, -0.05) is 12.1 Å². The molecule has 8 nitrogen and oxygen atoms in total. The molecule has 1 aliphatic rings. The molecule has 0 aliphatic carbocycles. The van der Waals surface area contributed by atoms with Crippen molar-refractivity contribution in [3.63, 3.8) is 0 Å². The molecule has 1 aliphatic heterocycles. The van der Waals surface area contributed by atoms with Gasteiger partial charge in [-0.2, -0.15) is 0 Å². The summed E-state index contributed by atoms with van der Waals surface area (Å²) in [6, 6.07) is 9.68. The molecule has 1 aromatic heterocycles. The minimum Gasteiger partial charge on any atom is -0.368 e. The lowest BCUT2D eigenvalue weighted by molar-refractivity contribution is -0.384. The second kappa shape index (κ2) is 7.71. The van der Waals surface area contributed by atoms with Gasteiger partial charge in [0, 0.05) is 38.3 Å². The number of carbonyl (C=O) groups excluding carboxylic acids is 1. The van der Waals surface area contributed by atoms with Crippen molar-refractivity contribution in [1.29, 1.82) is 0 Å². The van der Waals surface area contributed by atoms with E-state index in [1.165, 1.54) is 12.1 Å². The molecule has 0 unspecified atom stereocenters. The van der Waals surface area contributed by atoms with Crippen LogP contribution in [-0.4, -0.2) is 42.0 Å². The Hall–Kier alpha value is -3.00. The lowest BCUT2D eigenvalue weighted by Gasteiger charge is -2.29. The molecule has 2 N–H and O–H groups in total. The third-order valence-electron chi connectivity index (χ3n) is 4.01. The van der Waals surface area contributed by atoms with Crippen LogP contribution in [0.5, 0.6) is 0 Å². The highest BCUT2D eigenvalue weighted by molar-refractivity contribution is 5.91. The van der Waals surface area contributed by atoms with E-state index in [0.29, 0.717) is 11.4 Å². The monoisotopic (exact) mass is 341 g/mol. The Balaban J connectivity index is 1.56. The van der Waals surface area contributed by atoms with Gasteiger partial charge in [0.25, 0.3) is 5.69 Å². The van der Waals surface area contributed by atoms with Gasteiger partial charge >= 0.3 is 0 Å². The average molecular weight is 341 g/mol. The van der Waals surface area contributed by atoms with Crippen LogP contribution in [-0.2, 0) is 11.2 Å². The van der Waals surface area contributed by atoms with Crippen LogP contribution in [0.15, 0.2) is 42.6 Å². The number of anilines is 2. The topological polar surface area (TPSA) is 100 Å². The van der Waals surface area contributed by atoms with Crippen LogP contribution < -0.4 is 15.5 Å². The summed E-state index contributed by atoms with van der Waals surface area (Å²) in [6.07, 6.45) is 1.89. The van der Waals surface area contributed by atoms with E-state index in [1.54, 1.807) is 24.4 Å². The van der Waals surface area contributed by atoms with Gasteiger partial charge in [0.05, 0.1) is 23.2 Å². The Morgan fingerprint density at radius 1 is 1.20 bits per heavy atom. The number of carbonyl (C=O) groups is 1. The first-order valence-electron chi connectivity index (χ1n) is 8.07. The summed E-state index contributed by atoms with van der Waals surface area (Å²) in [6.45, 7) is 3.78. The van der Waals surface area contributed by atoms with Crippen molar-refractivity contribution in [3.8, 4) is 0 Å². The summed E-state index contributed by atoms with van der Waals surface area (Å²) in [7, 11) is 0. The van der Waals surface area contributed by atoms with Crippen LogP contribution in [0.25, 0.3) is 0 Å². The fraction of sp³-hybridized carbons (Fsp3) is 0.294. The summed E-state index contributed by atoms with van der Waals surface area (Å²) in [5.74, 6) is 0.280. The minimum absolute atomic E-state index is 0.00864. The quantitative estimate of drug-likeness (QED) is 0.633. The molecule has 0 spiro atoms. The summed E-state index contributed by atoms with van der Waals surface area (Å²) < 4.78 is 0. The van der Waals surface area contributed by atoms with E-state index in [4.69, 9.17) is 0 Å². The van der Waals surface area contributed by atoms with E-state index in [0.717, 1.165) is 31.9 Å². The van der Waals surface area contributed by atoms with E-state index in [9.17, 15) is 14.9 Å². The van der Waals surface area contributed by atoms with Crippen molar-refractivity contribution in [2.24, 2.45) is 0 Å². The fourth-order valence-electron chi connectivity index (χ4n) is 2.68. The smallest absolute Gasteiger partial charge is 0.269 e. The molecule has 1 amide bonds. The highest BCUT2D eigenvalue weighted by Crippen LogP contribution is 2.16. The predicted molar refractivity (Wildman–Crippen MR) is 94.7 cm³/mol. The molecule has 0 radical (unpaired) electrons. The Bertz CT molecular complexity index is 740. The van der Waals surface area contributed by atoms with Crippen molar-refractivity contribution in [3.05, 3.63) is 58.3 Å². The van der Waals surface area contributed by atoms with Crippen molar-refractivity contribution in [2.75, 3.05) is 36.4 Å². The number of piperazine rings is 1. The normalized spacial score (nSPS) is 14.2. The van der Waals surface area contributed by atoms with Crippen LogP contribution >= 0.6 is 0 Å². The van der Waals surface area contributed by atoms with Crippen LogP contribution in [0.2, 0.25) is 0 Å². The van der Waals surface area contributed by atoms with E-state index < -0.39 is 4.92 Å². The number of hydrogen-bond acceptors (Lipinski definition) is 6. The predicted octanol–water partition coefficient (Wildman–Crippen LogP) is 1.58. The minimum atomic E-state index is -0.465. The molecule has 3 rings (SSSR count). The Kier molecular flexibility index (Phi) is 5.20. The van der Waals surface area contributed by atoms with Crippen LogP contribution in [0, 0.1) is 10.1 Å². The number of nitro groups is 1. The maximum Gasteiger partial charge on any atom is 0.269 e. The molecule has 0 bridgehead atoms. The Morgan fingerprint density at radius 2 is 1.92 bits per heavy atom. The largest absolute Gasteiger partial charge is 0.368 e. The molecule has 1 aromatic carbocycles. The number of amides is 1. The van der Waals surface area contributed by atoms with Gasteiger partial charge in [-0.15, -0.1) is 0 Å². The standard InChI is InChI=1S/C17H19N5O3/c23-17(11-13-1-3-14(4-2-13)22(24)25)20-16-6-5-15(12-19-16)21-9-7-18-8-10-21/h1-6,12,18H,7-11H2,(H,19,20,23). The first-order chi connectivity index (χ1) is 12.1. The van der Waals surface area contributed by atoms with Crippen LogP contribution in [0.3, 0.4) is 0 Å². The van der Waals surface area contributed by atoms with Crippen molar-refractivity contribution in [2.45, 2.75) is 6.42 Å². The van der Waals surface area contributed by atoms with Crippen molar-refractivity contribution < 1.29 is 9.72 Å². The van der Waals surface area contributed by atoms with Crippen LogP contribution in [0.4, 0.5) is 17.2 Å². The van der Waals surface area contributed by atoms with Gasteiger partial charge in [0.1, 0.15) is 5.82 Å². The maximum absolute atomic E-state index is 12.1.